The Bertz CT molecular complexity index is 885. The number of phenolic OH excluding ortho intramolecular Hbond substituents is 2. The highest BCUT2D eigenvalue weighted by atomic mass is 35.5. The van der Waals surface area contributed by atoms with E-state index >= 15 is 0 Å². The molecule has 0 bridgehead atoms. The van der Waals surface area contributed by atoms with Crippen LogP contribution in [0.15, 0.2) is 36.4 Å². The highest BCUT2D eigenvalue weighted by Crippen LogP contribution is 2.36. The molecule has 0 fully saturated rings. The van der Waals surface area contributed by atoms with Gasteiger partial charge in [-0.25, -0.2) is 0 Å². The average Bonchev–Trinajstić information content (AvgIpc) is 2.86. The number of nitrogens with one attached hydrogen (secondary N) is 1. The van der Waals surface area contributed by atoms with Crippen molar-refractivity contribution >= 4 is 24.8 Å². The van der Waals surface area contributed by atoms with Gasteiger partial charge in [0.25, 0.3) is 0 Å². The van der Waals surface area contributed by atoms with Gasteiger partial charge in [-0.2, -0.15) is 0 Å². The molecule has 0 saturated heterocycles. The molecule has 3 N–H and O–H groups in total. The molecule has 0 saturated carbocycles. The second kappa shape index (κ2) is 17.6. The number of rotatable bonds is 15. The van der Waals surface area contributed by atoms with Gasteiger partial charge in [0.2, 0.25) is 0 Å². The molecule has 0 spiro atoms. The lowest BCUT2D eigenvalue weighted by Crippen LogP contribution is -2.40. The van der Waals surface area contributed by atoms with Gasteiger partial charge in [0, 0.05) is 18.2 Å². The van der Waals surface area contributed by atoms with E-state index in [4.69, 9.17) is 9.47 Å². The topological polar surface area (TPSA) is 74.2 Å². The third-order valence-corrected chi connectivity index (χ3v) is 6.72. The maximum atomic E-state index is 10.2. The lowest BCUT2D eigenvalue weighted by atomic mass is 9.86. The lowest BCUT2D eigenvalue weighted by molar-refractivity contribution is 0.175. The van der Waals surface area contributed by atoms with Crippen LogP contribution in [0.4, 0.5) is 0 Å². The van der Waals surface area contributed by atoms with Crippen molar-refractivity contribution in [2.75, 3.05) is 39.9 Å². The summed E-state index contributed by atoms with van der Waals surface area (Å²) >= 11 is 0. The van der Waals surface area contributed by atoms with Gasteiger partial charge in [-0.05, 0) is 81.9 Å². The van der Waals surface area contributed by atoms with Gasteiger partial charge in [0.1, 0.15) is 6.61 Å². The molecule has 1 atom stereocenters. The maximum absolute atomic E-state index is 10.2. The fourth-order valence-corrected chi connectivity index (χ4v) is 4.89. The normalized spacial score (nSPS) is 14.5. The summed E-state index contributed by atoms with van der Waals surface area (Å²) in [5.41, 5.74) is 2.13. The van der Waals surface area contributed by atoms with Gasteiger partial charge >= 0.3 is 0 Å². The number of nitrogens with zero attached hydrogens (tertiary/aromatic N) is 1. The molecule has 1 aliphatic rings. The van der Waals surface area contributed by atoms with Crippen LogP contribution in [0.1, 0.15) is 56.6 Å². The van der Waals surface area contributed by atoms with Crippen molar-refractivity contribution in [1.82, 2.24) is 10.2 Å². The molecular weight excluding hydrogens is 499 g/mol. The van der Waals surface area contributed by atoms with E-state index in [2.05, 4.69) is 17.1 Å². The van der Waals surface area contributed by atoms with Crippen LogP contribution in [0.5, 0.6) is 23.0 Å². The summed E-state index contributed by atoms with van der Waals surface area (Å²) in [5.74, 6) is 1.65. The first-order valence-corrected chi connectivity index (χ1v) is 12.9. The highest BCUT2D eigenvalue weighted by Gasteiger charge is 2.26. The summed E-state index contributed by atoms with van der Waals surface area (Å²) in [6, 6.07) is 11.9. The van der Waals surface area contributed by atoms with Gasteiger partial charge in [0.05, 0.1) is 7.11 Å². The summed E-state index contributed by atoms with van der Waals surface area (Å²) in [7, 11) is 1.66. The first-order chi connectivity index (χ1) is 16.6. The Hall–Kier alpha value is -1.86. The van der Waals surface area contributed by atoms with Crippen LogP contribution in [-0.4, -0.2) is 61.1 Å². The van der Waals surface area contributed by atoms with Crippen LogP contribution in [0, 0.1) is 0 Å². The summed E-state index contributed by atoms with van der Waals surface area (Å²) in [4.78, 5) is 2.64. The van der Waals surface area contributed by atoms with Crippen LogP contribution in [0.3, 0.4) is 0 Å². The molecule has 3 rings (SSSR count). The molecule has 0 heterocycles. The molecule has 0 aliphatic heterocycles. The molecule has 2 aromatic carbocycles. The van der Waals surface area contributed by atoms with Gasteiger partial charge < -0.3 is 29.9 Å². The minimum Gasteiger partial charge on any atom is -0.504 e. The van der Waals surface area contributed by atoms with Crippen molar-refractivity contribution < 1.29 is 19.7 Å². The maximum Gasteiger partial charge on any atom is 0.161 e. The number of methoxy groups -OCH3 is 1. The number of ether oxygens (including phenoxy) is 2. The van der Waals surface area contributed by atoms with Crippen LogP contribution in [0.2, 0.25) is 0 Å². The third-order valence-electron chi connectivity index (χ3n) is 6.72. The summed E-state index contributed by atoms with van der Waals surface area (Å²) in [5, 5.41) is 23.4. The predicted octanol–water partition coefficient (Wildman–Crippen LogP) is 5.75. The third kappa shape index (κ3) is 9.55. The molecule has 2 aromatic rings. The molecule has 1 aliphatic carbocycles. The van der Waals surface area contributed by atoms with E-state index in [1.165, 1.54) is 31.2 Å². The summed E-state index contributed by atoms with van der Waals surface area (Å²) < 4.78 is 11.1. The van der Waals surface area contributed by atoms with Crippen molar-refractivity contribution in [2.24, 2.45) is 0 Å². The number of hydrogen-bond acceptors (Lipinski definition) is 6. The van der Waals surface area contributed by atoms with Crippen molar-refractivity contribution in [2.45, 2.75) is 64.3 Å². The SMILES string of the molecule is CCCN(CCCCCCNCCOc1ccccc1OC)[C@H]1CCc2c(ccc(O)c2O)C1.Cl.Cl. The standard InChI is InChI=1S/C28H42N2O4.2ClH/c1-3-18-30(23-13-14-24-22(21-23)12-15-25(31)28(24)32)19-9-5-4-8-16-29-17-20-34-27-11-7-6-10-26(27)33-2;;/h6-7,10-12,15,23,29,31-32H,3-5,8-9,13-14,16-21H2,1-2H3;2*1H/t23-;;/m0../s1. The Kier molecular flexibility index (Phi) is 15.7. The van der Waals surface area contributed by atoms with E-state index < -0.39 is 0 Å². The summed E-state index contributed by atoms with van der Waals surface area (Å²) in [6.07, 6.45) is 8.90. The first kappa shape index (κ1) is 32.2. The van der Waals surface area contributed by atoms with Gasteiger partial charge in [-0.1, -0.05) is 38.0 Å². The number of phenols is 2. The smallest absolute Gasteiger partial charge is 0.161 e. The minimum atomic E-state index is 0. The molecule has 8 heteroatoms. The second-order valence-corrected chi connectivity index (χ2v) is 9.17. The quantitative estimate of drug-likeness (QED) is 0.196. The van der Waals surface area contributed by atoms with E-state index in [9.17, 15) is 10.2 Å². The van der Waals surface area contributed by atoms with Crippen molar-refractivity contribution in [3.05, 3.63) is 47.5 Å². The van der Waals surface area contributed by atoms with Crippen LogP contribution in [0.25, 0.3) is 0 Å². The Morgan fingerprint density at radius 3 is 2.44 bits per heavy atom. The second-order valence-electron chi connectivity index (χ2n) is 9.17. The van der Waals surface area contributed by atoms with E-state index in [0.717, 1.165) is 68.9 Å². The zero-order valence-electron chi connectivity index (χ0n) is 21.7. The van der Waals surface area contributed by atoms with Gasteiger partial charge in [-0.3, -0.25) is 0 Å². The molecule has 204 valence electrons. The number of aromatic hydroxyl groups is 2. The zero-order valence-corrected chi connectivity index (χ0v) is 23.3. The molecular formula is C28H44Cl2N2O4. The molecule has 6 nitrogen and oxygen atoms in total. The lowest BCUT2D eigenvalue weighted by Gasteiger charge is -2.35. The number of unbranched alkanes of at least 4 members (excludes halogenated alkanes) is 3. The van der Waals surface area contributed by atoms with E-state index in [0.29, 0.717) is 12.6 Å². The van der Waals surface area contributed by atoms with Crippen LogP contribution < -0.4 is 14.8 Å². The van der Waals surface area contributed by atoms with Crippen LogP contribution in [-0.2, 0) is 12.8 Å². The van der Waals surface area contributed by atoms with Crippen molar-refractivity contribution in [3.63, 3.8) is 0 Å². The predicted molar refractivity (Wildman–Crippen MR) is 152 cm³/mol. The Balaban J connectivity index is 0.00000324. The Labute approximate surface area is 229 Å². The highest BCUT2D eigenvalue weighted by molar-refractivity contribution is 5.85. The Morgan fingerprint density at radius 1 is 0.944 bits per heavy atom. The van der Waals surface area contributed by atoms with Crippen LogP contribution >= 0.6 is 24.8 Å². The zero-order chi connectivity index (χ0) is 24.2. The number of fused-ring (bicyclic) bond motifs is 1. The molecule has 0 radical (unpaired) electrons. The summed E-state index contributed by atoms with van der Waals surface area (Å²) in [6.45, 7) is 6.99. The van der Waals surface area contributed by atoms with E-state index in [1.807, 2.05) is 30.3 Å². The van der Waals surface area contributed by atoms with E-state index in [1.54, 1.807) is 13.2 Å². The number of para-hydroxylation sites is 2. The number of hydrogen-bond donors (Lipinski definition) is 3. The van der Waals surface area contributed by atoms with Crippen molar-refractivity contribution in [3.8, 4) is 23.0 Å². The largest absolute Gasteiger partial charge is 0.504 e. The molecule has 0 aromatic heterocycles. The average molecular weight is 544 g/mol. The number of benzene rings is 2. The van der Waals surface area contributed by atoms with E-state index in [-0.39, 0.29) is 36.3 Å². The monoisotopic (exact) mass is 542 g/mol. The Morgan fingerprint density at radius 2 is 1.69 bits per heavy atom. The fourth-order valence-electron chi connectivity index (χ4n) is 4.89. The van der Waals surface area contributed by atoms with Gasteiger partial charge in [0.15, 0.2) is 23.0 Å². The fraction of sp³-hybridized carbons (Fsp3) is 0.571. The molecule has 0 amide bonds. The van der Waals surface area contributed by atoms with Gasteiger partial charge in [-0.15, -0.1) is 24.8 Å². The minimum absolute atomic E-state index is 0. The molecule has 0 unspecified atom stereocenters. The van der Waals surface area contributed by atoms with Crippen molar-refractivity contribution in [1.29, 1.82) is 0 Å². The first-order valence-electron chi connectivity index (χ1n) is 12.9. The number of halogens is 2. The molecule has 36 heavy (non-hydrogen) atoms.